The molecule has 0 amide bonds. The number of aryl methyl sites for hydroxylation is 1. The van der Waals surface area contributed by atoms with Crippen molar-refractivity contribution >= 4 is 28.9 Å². The number of ether oxygens (including phenoxy) is 1. The van der Waals surface area contributed by atoms with E-state index in [2.05, 4.69) is 15.7 Å². The molecule has 0 fully saturated rings. The van der Waals surface area contributed by atoms with E-state index in [0.29, 0.717) is 28.5 Å². The SMILES string of the molecule is COc1nn2ccccc2c1Nc1cc(C)c(O)cc1NCC=O. The van der Waals surface area contributed by atoms with E-state index < -0.39 is 0 Å². The zero-order valence-corrected chi connectivity index (χ0v) is 13.4. The van der Waals surface area contributed by atoms with E-state index in [4.69, 9.17) is 4.74 Å². The van der Waals surface area contributed by atoms with Crippen molar-refractivity contribution in [3.63, 3.8) is 0 Å². The van der Waals surface area contributed by atoms with Gasteiger partial charge in [0.25, 0.3) is 5.88 Å². The van der Waals surface area contributed by atoms with Gasteiger partial charge in [-0.1, -0.05) is 6.07 Å². The predicted molar refractivity (Wildman–Crippen MR) is 92.4 cm³/mol. The maximum Gasteiger partial charge on any atom is 0.257 e. The number of nitrogens with one attached hydrogen (secondary N) is 2. The van der Waals surface area contributed by atoms with Gasteiger partial charge in [0, 0.05) is 12.3 Å². The zero-order chi connectivity index (χ0) is 17.1. The van der Waals surface area contributed by atoms with E-state index in [1.807, 2.05) is 24.4 Å². The second-order valence-corrected chi connectivity index (χ2v) is 5.27. The van der Waals surface area contributed by atoms with Gasteiger partial charge < -0.3 is 25.3 Å². The van der Waals surface area contributed by atoms with Crippen LogP contribution < -0.4 is 15.4 Å². The molecule has 124 valence electrons. The molecule has 2 aromatic heterocycles. The summed E-state index contributed by atoms with van der Waals surface area (Å²) in [7, 11) is 1.56. The lowest BCUT2D eigenvalue weighted by atomic mass is 10.1. The number of hydrogen-bond donors (Lipinski definition) is 3. The molecule has 0 radical (unpaired) electrons. The van der Waals surface area contributed by atoms with Crippen LogP contribution in [-0.4, -0.2) is 34.7 Å². The lowest BCUT2D eigenvalue weighted by Gasteiger charge is -2.14. The van der Waals surface area contributed by atoms with Crippen LogP contribution in [0.15, 0.2) is 36.5 Å². The van der Waals surface area contributed by atoms with Gasteiger partial charge >= 0.3 is 0 Å². The van der Waals surface area contributed by atoms with Crippen LogP contribution in [0.5, 0.6) is 11.6 Å². The van der Waals surface area contributed by atoms with Gasteiger partial charge in [-0.2, -0.15) is 0 Å². The van der Waals surface area contributed by atoms with Crippen LogP contribution in [0.1, 0.15) is 5.56 Å². The number of rotatable bonds is 6. The molecule has 1 aromatic carbocycles. The molecule has 7 heteroatoms. The Balaban J connectivity index is 2.07. The van der Waals surface area contributed by atoms with Crippen LogP contribution in [0.2, 0.25) is 0 Å². The van der Waals surface area contributed by atoms with Crippen LogP contribution in [0, 0.1) is 6.92 Å². The molecule has 24 heavy (non-hydrogen) atoms. The second kappa shape index (κ2) is 6.49. The first-order valence-corrected chi connectivity index (χ1v) is 7.43. The third kappa shape index (κ3) is 2.83. The Morgan fingerprint density at radius 3 is 2.92 bits per heavy atom. The topological polar surface area (TPSA) is 87.9 Å². The normalized spacial score (nSPS) is 10.6. The van der Waals surface area contributed by atoms with Gasteiger partial charge in [-0.3, -0.25) is 0 Å². The van der Waals surface area contributed by atoms with Crippen molar-refractivity contribution in [2.75, 3.05) is 24.3 Å². The van der Waals surface area contributed by atoms with Crippen LogP contribution in [0.25, 0.3) is 5.52 Å². The summed E-state index contributed by atoms with van der Waals surface area (Å²) in [6.45, 7) is 1.94. The van der Waals surface area contributed by atoms with E-state index in [1.54, 1.807) is 30.7 Å². The number of aldehydes is 1. The molecule has 0 spiro atoms. The number of hydrogen-bond acceptors (Lipinski definition) is 6. The van der Waals surface area contributed by atoms with Crippen LogP contribution in [-0.2, 0) is 4.79 Å². The standard InChI is InChI=1S/C17H18N4O3/c1-11-9-13(12(10-15(11)23)18-6-8-22)19-16-14-5-3-4-7-21(14)20-17(16)24-2/h3-5,7-10,18-19,23H,6H2,1-2H3. The number of phenols is 1. The average molecular weight is 326 g/mol. The average Bonchev–Trinajstić information content (AvgIpc) is 2.94. The highest BCUT2D eigenvalue weighted by Crippen LogP contribution is 2.36. The fraction of sp³-hybridized carbons (Fsp3) is 0.176. The highest BCUT2D eigenvalue weighted by molar-refractivity contribution is 5.86. The summed E-state index contributed by atoms with van der Waals surface area (Å²) in [5.41, 5.74) is 3.59. The zero-order valence-electron chi connectivity index (χ0n) is 13.4. The molecule has 0 atom stereocenters. The maximum atomic E-state index is 10.7. The number of carbonyl (C=O) groups is 1. The smallest absolute Gasteiger partial charge is 0.257 e. The molecule has 0 aliphatic rings. The number of aromatic nitrogens is 2. The van der Waals surface area contributed by atoms with Gasteiger partial charge in [0.2, 0.25) is 0 Å². The summed E-state index contributed by atoms with van der Waals surface area (Å²) in [5.74, 6) is 0.606. The first-order valence-electron chi connectivity index (χ1n) is 7.43. The molecule has 0 bridgehead atoms. The molecule has 3 rings (SSSR count). The predicted octanol–water partition coefficient (Wildman–Crippen LogP) is 2.71. The number of pyridine rings is 1. The third-order valence-corrected chi connectivity index (χ3v) is 3.67. The largest absolute Gasteiger partial charge is 0.508 e. The van der Waals surface area contributed by atoms with Gasteiger partial charge in [0.1, 0.15) is 17.7 Å². The monoisotopic (exact) mass is 326 g/mol. The molecule has 0 saturated heterocycles. The Kier molecular flexibility index (Phi) is 4.24. The molecular weight excluding hydrogens is 308 g/mol. The summed E-state index contributed by atoms with van der Waals surface area (Å²) < 4.78 is 7.07. The van der Waals surface area contributed by atoms with E-state index in [0.717, 1.165) is 11.8 Å². The number of fused-ring (bicyclic) bond motifs is 1. The van der Waals surface area contributed by atoms with E-state index in [9.17, 15) is 9.90 Å². The fourth-order valence-corrected chi connectivity index (χ4v) is 2.47. The molecule has 0 aliphatic carbocycles. The Morgan fingerprint density at radius 2 is 2.17 bits per heavy atom. The summed E-state index contributed by atoms with van der Waals surface area (Å²) in [5, 5.41) is 20.6. The minimum absolute atomic E-state index is 0.142. The quantitative estimate of drug-likeness (QED) is 0.477. The second-order valence-electron chi connectivity index (χ2n) is 5.27. The molecule has 3 aromatic rings. The van der Waals surface area contributed by atoms with Crippen molar-refractivity contribution in [2.24, 2.45) is 0 Å². The molecule has 2 heterocycles. The number of anilines is 3. The first kappa shape index (κ1) is 15.7. The molecule has 3 N–H and O–H groups in total. The number of benzene rings is 1. The van der Waals surface area contributed by atoms with Crippen molar-refractivity contribution in [2.45, 2.75) is 6.92 Å². The third-order valence-electron chi connectivity index (χ3n) is 3.67. The van der Waals surface area contributed by atoms with Crippen LogP contribution in [0.3, 0.4) is 0 Å². The first-order chi connectivity index (χ1) is 11.6. The summed E-state index contributed by atoms with van der Waals surface area (Å²) >= 11 is 0. The van der Waals surface area contributed by atoms with Gasteiger partial charge in [-0.25, -0.2) is 4.52 Å². The highest BCUT2D eigenvalue weighted by atomic mass is 16.5. The van der Waals surface area contributed by atoms with Crippen molar-refractivity contribution in [1.82, 2.24) is 9.61 Å². The van der Waals surface area contributed by atoms with Crippen LogP contribution >= 0.6 is 0 Å². The number of aromatic hydroxyl groups is 1. The summed E-state index contributed by atoms with van der Waals surface area (Å²) in [4.78, 5) is 10.7. The maximum absolute atomic E-state index is 10.7. The molecule has 0 saturated carbocycles. The Bertz CT molecular complexity index is 889. The molecular formula is C17H18N4O3. The minimum Gasteiger partial charge on any atom is -0.508 e. The lowest BCUT2D eigenvalue weighted by Crippen LogP contribution is -2.05. The van der Waals surface area contributed by atoms with Crippen molar-refractivity contribution in [1.29, 1.82) is 0 Å². The summed E-state index contributed by atoms with van der Waals surface area (Å²) in [6.07, 6.45) is 2.59. The Hall–Kier alpha value is -3.22. The van der Waals surface area contributed by atoms with Crippen molar-refractivity contribution in [3.8, 4) is 11.6 Å². The number of methoxy groups -OCH3 is 1. The number of nitrogens with zero attached hydrogens (tertiary/aromatic N) is 2. The van der Waals surface area contributed by atoms with Gasteiger partial charge in [0.05, 0.1) is 30.5 Å². The fourth-order valence-electron chi connectivity index (χ4n) is 2.47. The van der Waals surface area contributed by atoms with Gasteiger partial charge in [-0.15, -0.1) is 5.10 Å². The summed E-state index contributed by atoms with van der Waals surface area (Å²) in [6, 6.07) is 9.09. The van der Waals surface area contributed by atoms with Crippen LogP contribution in [0.4, 0.5) is 17.1 Å². The van der Waals surface area contributed by atoms with Crippen molar-refractivity contribution in [3.05, 3.63) is 42.1 Å². The van der Waals surface area contributed by atoms with Crippen molar-refractivity contribution < 1.29 is 14.6 Å². The molecule has 0 aliphatic heterocycles. The van der Waals surface area contributed by atoms with Gasteiger partial charge in [-0.05, 0) is 30.7 Å². The Labute approximate surface area is 138 Å². The van der Waals surface area contributed by atoms with E-state index >= 15 is 0 Å². The molecule has 0 unspecified atom stereocenters. The van der Waals surface area contributed by atoms with Gasteiger partial charge in [0.15, 0.2) is 0 Å². The molecule has 7 nitrogen and oxygen atoms in total. The minimum atomic E-state index is 0.142. The highest BCUT2D eigenvalue weighted by Gasteiger charge is 2.15. The number of phenolic OH excluding ortho intramolecular Hbond substituents is 1. The lowest BCUT2D eigenvalue weighted by molar-refractivity contribution is -0.106. The Morgan fingerprint density at radius 1 is 1.33 bits per heavy atom. The van der Waals surface area contributed by atoms with E-state index in [-0.39, 0.29) is 12.3 Å². The number of carbonyl (C=O) groups excluding carboxylic acids is 1. The van der Waals surface area contributed by atoms with E-state index in [1.165, 1.54) is 0 Å².